The summed E-state index contributed by atoms with van der Waals surface area (Å²) in [5.41, 5.74) is 3.77. The summed E-state index contributed by atoms with van der Waals surface area (Å²) in [7, 11) is 3.56. The number of imidazole rings is 1. The van der Waals surface area contributed by atoms with Crippen molar-refractivity contribution >= 4 is 0 Å². The van der Waals surface area contributed by atoms with E-state index in [0.29, 0.717) is 0 Å². The summed E-state index contributed by atoms with van der Waals surface area (Å²) in [6.45, 7) is 3.92. The molecule has 0 unspecified atom stereocenters. The number of rotatable bonds is 3. The monoisotopic (exact) mass is 246 g/mol. The predicted molar refractivity (Wildman–Crippen MR) is 70.6 cm³/mol. The summed E-state index contributed by atoms with van der Waals surface area (Å²) in [5, 5.41) is 9.35. The number of hydrogen-bond donors (Lipinski definition) is 1. The third-order valence-electron chi connectivity index (χ3n) is 3.16. The molecule has 0 saturated heterocycles. The van der Waals surface area contributed by atoms with Gasteiger partial charge in [0.15, 0.2) is 0 Å². The topological polar surface area (TPSA) is 47.3 Å². The molecule has 1 heterocycles. The molecular weight excluding hydrogens is 228 g/mol. The Balaban J connectivity index is 2.65. The number of aliphatic hydroxyl groups is 1. The Morgan fingerprint density at radius 2 is 2.06 bits per heavy atom. The van der Waals surface area contributed by atoms with Crippen LogP contribution in [-0.4, -0.2) is 21.8 Å². The smallest absolute Gasteiger partial charge is 0.144 e. The van der Waals surface area contributed by atoms with Crippen molar-refractivity contribution in [2.75, 3.05) is 7.11 Å². The van der Waals surface area contributed by atoms with E-state index in [1.165, 1.54) is 0 Å². The standard InChI is InChI=1S/C14H18N2O2/c1-9-5-6-13(18-4)11(7-9)14-15-10(2)12(8-17)16(14)3/h5-7,17H,8H2,1-4H3. The van der Waals surface area contributed by atoms with Crippen LogP contribution in [0.2, 0.25) is 0 Å². The summed E-state index contributed by atoms with van der Waals surface area (Å²) in [4.78, 5) is 4.52. The number of aliphatic hydroxyl groups excluding tert-OH is 1. The Kier molecular flexibility index (Phi) is 3.39. The van der Waals surface area contributed by atoms with Gasteiger partial charge in [-0.3, -0.25) is 0 Å². The molecule has 4 heteroatoms. The maximum absolute atomic E-state index is 9.35. The largest absolute Gasteiger partial charge is 0.496 e. The molecule has 0 spiro atoms. The molecule has 2 rings (SSSR count). The number of methoxy groups -OCH3 is 1. The molecule has 4 nitrogen and oxygen atoms in total. The summed E-state index contributed by atoms with van der Waals surface area (Å²) in [6, 6.07) is 5.99. The lowest BCUT2D eigenvalue weighted by Crippen LogP contribution is -2.00. The summed E-state index contributed by atoms with van der Waals surface area (Å²) in [5.74, 6) is 1.61. The molecule has 0 fully saturated rings. The maximum Gasteiger partial charge on any atom is 0.144 e. The highest BCUT2D eigenvalue weighted by molar-refractivity contribution is 5.66. The van der Waals surface area contributed by atoms with Crippen molar-refractivity contribution in [3.8, 4) is 17.1 Å². The molecule has 0 aliphatic heterocycles. The van der Waals surface area contributed by atoms with Crippen LogP contribution < -0.4 is 4.74 Å². The minimum atomic E-state index is -0.0105. The molecule has 1 aromatic carbocycles. The van der Waals surface area contributed by atoms with Crippen LogP contribution in [0.4, 0.5) is 0 Å². The van der Waals surface area contributed by atoms with E-state index < -0.39 is 0 Å². The highest BCUT2D eigenvalue weighted by Crippen LogP contribution is 2.31. The van der Waals surface area contributed by atoms with Crippen molar-refractivity contribution in [1.29, 1.82) is 0 Å². The van der Waals surface area contributed by atoms with Crippen molar-refractivity contribution in [2.24, 2.45) is 7.05 Å². The van der Waals surface area contributed by atoms with Gasteiger partial charge in [0.2, 0.25) is 0 Å². The van der Waals surface area contributed by atoms with Crippen molar-refractivity contribution in [3.05, 3.63) is 35.2 Å². The van der Waals surface area contributed by atoms with Crippen molar-refractivity contribution < 1.29 is 9.84 Å². The van der Waals surface area contributed by atoms with Gasteiger partial charge in [-0.15, -0.1) is 0 Å². The number of benzene rings is 1. The lowest BCUT2D eigenvalue weighted by Gasteiger charge is -2.10. The molecule has 0 aliphatic rings. The van der Waals surface area contributed by atoms with Crippen LogP contribution in [0.5, 0.6) is 5.75 Å². The summed E-state index contributed by atoms with van der Waals surface area (Å²) in [6.07, 6.45) is 0. The van der Waals surface area contributed by atoms with Crippen LogP contribution in [0.3, 0.4) is 0 Å². The van der Waals surface area contributed by atoms with Gasteiger partial charge in [0, 0.05) is 7.05 Å². The molecule has 1 N–H and O–H groups in total. The number of aryl methyl sites for hydroxylation is 2. The Morgan fingerprint density at radius 1 is 1.33 bits per heavy atom. The molecule has 2 aromatic rings. The summed E-state index contributed by atoms with van der Waals surface area (Å²) < 4.78 is 7.29. The van der Waals surface area contributed by atoms with Gasteiger partial charge in [-0.2, -0.15) is 0 Å². The van der Waals surface area contributed by atoms with Crippen LogP contribution in [0.25, 0.3) is 11.4 Å². The van der Waals surface area contributed by atoms with Gasteiger partial charge < -0.3 is 14.4 Å². The van der Waals surface area contributed by atoms with Crippen LogP contribution in [0.15, 0.2) is 18.2 Å². The minimum absolute atomic E-state index is 0.0105. The van der Waals surface area contributed by atoms with Gasteiger partial charge in [0.05, 0.1) is 30.7 Å². The number of aromatic nitrogens is 2. The van der Waals surface area contributed by atoms with Gasteiger partial charge in [-0.05, 0) is 26.0 Å². The van der Waals surface area contributed by atoms with Crippen molar-refractivity contribution in [1.82, 2.24) is 9.55 Å². The quantitative estimate of drug-likeness (QED) is 0.903. The fraction of sp³-hybridized carbons (Fsp3) is 0.357. The first-order chi connectivity index (χ1) is 8.58. The number of ether oxygens (including phenoxy) is 1. The molecule has 0 amide bonds. The molecule has 0 bridgehead atoms. The third kappa shape index (κ3) is 1.99. The zero-order chi connectivity index (χ0) is 13.3. The van der Waals surface area contributed by atoms with Crippen molar-refractivity contribution in [3.63, 3.8) is 0 Å². The van der Waals surface area contributed by atoms with Crippen LogP contribution in [0, 0.1) is 13.8 Å². The fourth-order valence-electron chi connectivity index (χ4n) is 2.13. The first-order valence-corrected chi connectivity index (χ1v) is 5.86. The number of hydrogen-bond acceptors (Lipinski definition) is 3. The molecular formula is C14H18N2O2. The molecule has 18 heavy (non-hydrogen) atoms. The zero-order valence-electron chi connectivity index (χ0n) is 11.2. The Morgan fingerprint density at radius 3 is 2.61 bits per heavy atom. The van der Waals surface area contributed by atoms with Crippen LogP contribution in [-0.2, 0) is 13.7 Å². The van der Waals surface area contributed by atoms with Crippen LogP contribution in [0.1, 0.15) is 17.0 Å². The number of nitrogens with zero attached hydrogens (tertiary/aromatic N) is 2. The molecule has 96 valence electrons. The van der Waals surface area contributed by atoms with E-state index in [1.807, 2.05) is 43.7 Å². The Bertz CT molecular complexity index is 573. The van der Waals surface area contributed by atoms with E-state index in [9.17, 15) is 5.11 Å². The summed E-state index contributed by atoms with van der Waals surface area (Å²) >= 11 is 0. The second kappa shape index (κ2) is 4.82. The van der Waals surface area contributed by atoms with E-state index in [-0.39, 0.29) is 6.61 Å². The normalized spacial score (nSPS) is 10.7. The fourth-order valence-corrected chi connectivity index (χ4v) is 2.13. The molecule has 0 atom stereocenters. The SMILES string of the molecule is COc1ccc(C)cc1-c1nc(C)c(CO)n1C. The Hall–Kier alpha value is -1.81. The lowest BCUT2D eigenvalue weighted by molar-refractivity contribution is 0.272. The zero-order valence-corrected chi connectivity index (χ0v) is 11.2. The van der Waals surface area contributed by atoms with Gasteiger partial charge in [-0.1, -0.05) is 11.6 Å². The second-order valence-electron chi connectivity index (χ2n) is 4.39. The average Bonchev–Trinajstić information content (AvgIpc) is 2.64. The van der Waals surface area contributed by atoms with E-state index >= 15 is 0 Å². The van der Waals surface area contributed by atoms with E-state index in [4.69, 9.17) is 4.74 Å². The third-order valence-corrected chi connectivity index (χ3v) is 3.16. The van der Waals surface area contributed by atoms with Crippen LogP contribution >= 0.6 is 0 Å². The molecule has 1 aromatic heterocycles. The maximum atomic E-state index is 9.35. The van der Waals surface area contributed by atoms with Gasteiger partial charge in [0.1, 0.15) is 11.6 Å². The molecule has 0 saturated carbocycles. The second-order valence-corrected chi connectivity index (χ2v) is 4.39. The van der Waals surface area contributed by atoms with Gasteiger partial charge in [0.25, 0.3) is 0 Å². The Labute approximate surface area is 107 Å². The first-order valence-electron chi connectivity index (χ1n) is 5.86. The minimum Gasteiger partial charge on any atom is -0.496 e. The lowest BCUT2D eigenvalue weighted by atomic mass is 10.1. The highest BCUT2D eigenvalue weighted by Gasteiger charge is 2.15. The predicted octanol–water partition coefficient (Wildman–Crippen LogP) is 2.20. The first kappa shape index (κ1) is 12.6. The average molecular weight is 246 g/mol. The molecule has 0 radical (unpaired) electrons. The molecule has 0 aliphatic carbocycles. The van der Waals surface area contributed by atoms with Gasteiger partial charge in [-0.25, -0.2) is 4.98 Å². The van der Waals surface area contributed by atoms with Crippen molar-refractivity contribution in [2.45, 2.75) is 20.5 Å². The van der Waals surface area contributed by atoms with Gasteiger partial charge >= 0.3 is 0 Å². The van der Waals surface area contributed by atoms with E-state index in [0.717, 1.165) is 34.1 Å². The highest BCUT2D eigenvalue weighted by atomic mass is 16.5. The van der Waals surface area contributed by atoms with E-state index in [2.05, 4.69) is 4.98 Å². The van der Waals surface area contributed by atoms with E-state index in [1.54, 1.807) is 7.11 Å².